The summed E-state index contributed by atoms with van der Waals surface area (Å²) in [5.74, 6) is 0.796. The molecule has 0 bridgehead atoms. The first-order valence-electron chi connectivity index (χ1n) is 7.20. The molecular formula is C17H18N2O2. The van der Waals surface area contributed by atoms with E-state index in [1.54, 1.807) is 18.5 Å². The van der Waals surface area contributed by atoms with Gasteiger partial charge in [0, 0.05) is 6.20 Å². The highest BCUT2D eigenvalue weighted by Gasteiger charge is 2.41. The van der Waals surface area contributed by atoms with Crippen LogP contribution in [0.25, 0.3) is 0 Å². The van der Waals surface area contributed by atoms with Gasteiger partial charge < -0.3 is 10.1 Å². The number of anilines is 1. The number of para-hydroxylation sites is 1. The number of hydrogen-bond acceptors (Lipinski definition) is 3. The molecule has 21 heavy (non-hydrogen) atoms. The molecule has 1 heterocycles. The lowest BCUT2D eigenvalue weighted by Crippen LogP contribution is -2.46. The second kappa shape index (κ2) is 5.95. The summed E-state index contributed by atoms with van der Waals surface area (Å²) in [4.78, 5) is 16.2. The lowest BCUT2D eigenvalue weighted by atomic mass is 9.77. The fraction of sp³-hybridized carbons (Fsp3) is 0.294. The molecule has 1 N–H and O–H groups in total. The quantitative estimate of drug-likeness (QED) is 0.914. The van der Waals surface area contributed by atoms with Gasteiger partial charge in [0.05, 0.1) is 18.3 Å². The van der Waals surface area contributed by atoms with E-state index in [-0.39, 0.29) is 11.5 Å². The number of nitrogens with one attached hydrogen (secondary N) is 1. The number of hydrogen-bond donors (Lipinski definition) is 1. The van der Waals surface area contributed by atoms with Crippen LogP contribution in [0, 0.1) is 0 Å². The topological polar surface area (TPSA) is 51.2 Å². The first-order chi connectivity index (χ1) is 10.3. The van der Waals surface area contributed by atoms with Gasteiger partial charge in [0.2, 0.25) is 5.91 Å². The van der Waals surface area contributed by atoms with Crippen LogP contribution in [-0.4, -0.2) is 16.5 Å². The van der Waals surface area contributed by atoms with E-state index in [1.165, 1.54) is 0 Å². The largest absolute Gasteiger partial charge is 0.487 e. The second-order valence-corrected chi connectivity index (χ2v) is 5.42. The molecule has 0 aliphatic heterocycles. The normalized spacial score (nSPS) is 15.8. The maximum Gasteiger partial charge on any atom is 0.228 e. The lowest BCUT2D eigenvalue weighted by Gasteiger charge is -2.41. The molecule has 1 fully saturated rings. The van der Waals surface area contributed by atoms with Crippen LogP contribution in [0.1, 0.15) is 25.7 Å². The monoisotopic (exact) mass is 282 g/mol. The van der Waals surface area contributed by atoms with Crippen LogP contribution >= 0.6 is 0 Å². The number of carbonyl (C=O) groups excluding carboxylic acids is 1. The minimum Gasteiger partial charge on any atom is -0.487 e. The van der Waals surface area contributed by atoms with Crippen LogP contribution < -0.4 is 10.1 Å². The van der Waals surface area contributed by atoms with Gasteiger partial charge in [0.15, 0.2) is 0 Å². The number of carbonyl (C=O) groups is 1. The Bertz CT molecular complexity index is 595. The molecule has 108 valence electrons. The molecule has 1 saturated carbocycles. The van der Waals surface area contributed by atoms with Gasteiger partial charge in [-0.15, -0.1) is 0 Å². The number of pyridine rings is 1. The standard InChI is InChI=1S/C17H18N2O2/c20-16(19-14-6-4-11-18-13-14)12-17(9-5-10-17)21-15-7-2-1-3-8-15/h1-4,6-8,11,13H,5,9-10,12H2,(H,19,20). The molecule has 0 saturated heterocycles. The van der Waals surface area contributed by atoms with Crippen LogP contribution in [0.2, 0.25) is 0 Å². The number of rotatable bonds is 5. The molecule has 4 heteroatoms. The van der Waals surface area contributed by atoms with Crippen molar-refractivity contribution in [1.82, 2.24) is 4.98 Å². The molecule has 0 radical (unpaired) electrons. The number of benzene rings is 1. The van der Waals surface area contributed by atoms with Crippen LogP contribution in [0.15, 0.2) is 54.9 Å². The van der Waals surface area contributed by atoms with Crippen molar-refractivity contribution < 1.29 is 9.53 Å². The van der Waals surface area contributed by atoms with E-state index in [2.05, 4.69) is 10.3 Å². The Balaban J connectivity index is 1.63. The van der Waals surface area contributed by atoms with E-state index in [9.17, 15) is 4.79 Å². The summed E-state index contributed by atoms with van der Waals surface area (Å²) < 4.78 is 6.07. The van der Waals surface area contributed by atoms with Crippen molar-refractivity contribution in [2.75, 3.05) is 5.32 Å². The fourth-order valence-corrected chi connectivity index (χ4v) is 2.56. The third-order valence-electron chi connectivity index (χ3n) is 3.77. The Kier molecular flexibility index (Phi) is 3.86. The van der Waals surface area contributed by atoms with Crippen molar-refractivity contribution in [2.45, 2.75) is 31.3 Å². The van der Waals surface area contributed by atoms with Gasteiger partial charge in [-0.05, 0) is 43.5 Å². The predicted molar refractivity (Wildman–Crippen MR) is 81.1 cm³/mol. The first kappa shape index (κ1) is 13.6. The molecule has 3 rings (SSSR count). The molecule has 1 aliphatic carbocycles. The maximum atomic E-state index is 12.2. The summed E-state index contributed by atoms with van der Waals surface area (Å²) >= 11 is 0. The van der Waals surface area contributed by atoms with Gasteiger partial charge in [-0.25, -0.2) is 0 Å². The Morgan fingerprint density at radius 1 is 1.19 bits per heavy atom. The van der Waals surface area contributed by atoms with Crippen molar-refractivity contribution in [3.8, 4) is 5.75 Å². The van der Waals surface area contributed by atoms with Crippen molar-refractivity contribution in [1.29, 1.82) is 0 Å². The molecule has 0 atom stereocenters. The zero-order valence-corrected chi connectivity index (χ0v) is 11.8. The minimum atomic E-state index is -0.354. The maximum absolute atomic E-state index is 12.2. The van der Waals surface area contributed by atoms with E-state index in [4.69, 9.17) is 4.74 Å². The lowest BCUT2D eigenvalue weighted by molar-refractivity contribution is -0.123. The van der Waals surface area contributed by atoms with Crippen LogP contribution in [0.3, 0.4) is 0 Å². The van der Waals surface area contributed by atoms with Crippen LogP contribution in [0.4, 0.5) is 5.69 Å². The molecule has 1 aliphatic rings. The van der Waals surface area contributed by atoms with Gasteiger partial charge in [-0.3, -0.25) is 9.78 Å². The number of ether oxygens (including phenoxy) is 1. The summed E-state index contributed by atoms with van der Waals surface area (Å²) in [5, 5.41) is 2.87. The zero-order valence-electron chi connectivity index (χ0n) is 11.8. The molecule has 1 amide bonds. The summed E-state index contributed by atoms with van der Waals surface area (Å²) in [5.41, 5.74) is 0.366. The smallest absolute Gasteiger partial charge is 0.228 e. The average molecular weight is 282 g/mol. The van der Waals surface area contributed by atoms with Gasteiger partial charge in [-0.1, -0.05) is 18.2 Å². The molecule has 4 nitrogen and oxygen atoms in total. The Morgan fingerprint density at radius 3 is 2.62 bits per heavy atom. The minimum absolute atomic E-state index is 0.0290. The van der Waals surface area contributed by atoms with Crippen LogP contribution in [-0.2, 0) is 4.79 Å². The highest BCUT2D eigenvalue weighted by molar-refractivity contribution is 5.91. The van der Waals surface area contributed by atoms with Crippen molar-refractivity contribution in [3.05, 3.63) is 54.9 Å². The van der Waals surface area contributed by atoms with Crippen LogP contribution in [0.5, 0.6) is 5.75 Å². The van der Waals surface area contributed by atoms with E-state index in [0.29, 0.717) is 6.42 Å². The van der Waals surface area contributed by atoms with Crippen molar-refractivity contribution >= 4 is 11.6 Å². The Labute approximate surface area is 124 Å². The van der Waals surface area contributed by atoms with Crippen molar-refractivity contribution in [2.24, 2.45) is 0 Å². The van der Waals surface area contributed by atoms with Crippen molar-refractivity contribution in [3.63, 3.8) is 0 Å². The summed E-state index contributed by atoms with van der Waals surface area (Å²) in [6.07, 6.45) is 6.64. The molecule has 1 aromatic heterocycles. The van der Waals surface area contributed by atoms with E-state index in [1.807, 2.05) is 36.4 Å². The van der Waals surface area contributed by atoms with Gasteiger partial charge in [0.25, 0.3) is 0 Å². The number of amides is 1. The number of aromatic nitrogens is 1. The second-order valence-electron chi connectivity index (χ2n) is 5.42. The number of nitrogens with zero attached hydrogens (tertiary/aromatic N) is 1. The predicted octanol–water partition coefficient (Wildman–Crippen LogP) is 3.41. The molecular weight excluding hydrogens is 264 g/mol. The SMILES string of the molecule is O=C(CC1(Oc2ccccc2)CCC1)Nc1cccnc1. The molecule has 0 spiro atoms. The Hall–Kier alpha value is -2.36. The van der Waals surface area contributed by atoms with E-state index in [0.717, 1.165) is 30.7 Å². The summed E-state index contributed by atoms with van der Waals surface area (Å²) in [7, 11) is 0. The fourth-order valence-electron chi connectivity index (χ4n) is 2.56. The van der Waals surface area contributed by atoms with Gasteiger partial charge >= 0.3 is 0 Å². The highest BCUT2D eigenvalue weighted by Crippen LogP contribution is 2.39. The zero-order chi connectivity index (χ0) is 14.5. The summed E-state index contributed by atoms with van der Waals surface area (Å²) in [6, 6.07) is 13.3. The molecule has 1 aromatic carbocycles. The first-order valence-corrected chi connectivity index (χ1v) is 7.20. The summed E-state index contributed by atoms with van der Waals surface area (Å²) in [6.45, 7) is 0. The molecule has 0 unspecified atom stereocenters. The van der Waals surface area contributed by atoms with E-state index < -0.39 is 0 Å². The highest BCUT2D eigenvalue weighted by atomic mass is 16.5. The van der Waals surface area contributed by atoms with E-state index >= 15 is 0 Å². The Morgan fingerprint density at radius 2 is 2.00 bits per heavy atom. The molecule has 2 aromatic rings. The third-order valence-corrected chi connectivity index (χ3v) is 3.77. The van der Waals surface area contributed by atoms with Gasteiger partial charge in [-0.2, -0.15) is 0 Å². The van der Waals surface area contributed by atoms with Gasteiger partial charge in [0.1, 0.15) is 11.4 Å². The third kappa shape index (κ3) is 3.40. The average Bonchev–Trinajstić information content (AvgIpc) is 2.47.